The van der Waals surface area contributed by atoms with Gasteiger partial charge >= 0.3 is 11.4 Å². The topological polar surface area (TPSA) is 56.9 Å². The molecule has 0 radical (unpaired) electrons. The summed E-state index contributed by atoms with van der Waals surface area (Å²) in [4.78, 5) is 26.5. The van der Waals surface area contributed by atoms with Crippen LogP contribution in [0.15, 0.2) is 9.59 Å². The minimum absolute atomic E-state index is 0.263. The minimum atomic E-state index is -0.459. The summed E-state index contributed by atoms with van der Waals surface area (Å²) >= 11 is 0. The molecule has 0 N–H and O–H groups in total. The Bertz CT molecular complexity index is 421. The molecule has 5 nitrogen and oxygen atoms in total. The highest BCUT2D eigenvalue weighted by atomic mass is 31.1. The van der Waals surface area contributed by atoms with Crippen molar-refractivity contribution in [3.8, 4) is 0 Å². The molecule has 0 aliphatic heterocycles. The van der Waals surface area contributed by atoms with Gasteiger partial charge in [-0.15, -0.1) is 0 Å². The zero-order valence-corrected chi connectivity index (χ0v) is 8.87. The minimum Gasteiger partial charge on any atom is -0.263 e. The van der Waals surface area contributed by atoms with E-state index in [-0.39, 0.29) is 5.69 Å². The zero-order valence-electron chi connectivity index (χ0n) is 7.87. The first kappa shape index (κ1) is 10.1. The first-order valence-corrected chi connectivity index (χ1v) is 5.44. The van der Waals surface area contributed by atoms with Gasteiger partial charge in [-0.1, -0.05) is 0 Å². The molecule has 0 fully saturated rings. The van der Waals surface area contributed by atoms with Crippen molar-refractivity contribution in [2.45, 2.75) is 20.4 Å². The van der Waals surface area contributed by atoms with Crippen LogP contribution in [-0.2, 0) is 6.54 Å². The maximum atomic E-state index is 11.6. The van der Waals surface area contributed by atoms with Crippen molar-refractivity contribution < 1.29 is 0 Å². The summed E-state index contributed by atoms with van der Waals surface area (Å²) < 4.78 is 2.63. The van der Waals surface area contributed by atoms with Gasteiger partial charge in [0.1, 0.15) is 5.82 Å². The molecule has 0 amide bonds. The molecule has 0 bridgehead atoms. The lowest BCUT2D eigenvalue weighted by atomic mass is 10.6. The van der Waals surface area contributed by atoms with E-state index >= 15 is 0 Å². The van der Waals surface area contributed by atoms with Crippen molar-refractivity contribution in [2.75, 3.05) is 6.66 Å². The van der Waals surface area contributed by atoms with Crippen molar-refractivity contribution in [1.29, 1.82) is 0 Å². The molecule has 6 heteroatoms. The molecule has 1 aromatic rings. The number of rotatable bonds is 2. The van der Waals surface area contributed by atoms with E-state index in [1.165, 1.54) is 4.34 Å². The largest absolute Gasteiger partial charge is 0.353 e. The van der Waals surface area contributed by atoms with Gasteiger partial charge < -0.3 is 0 Å². The van der Waals surface area contributed by atoms with Gasteiger partial charge in [-0.3, -0.25) is 4.34 Å². The lowest BCUT2D eigenvalue weighted by Crippen LogP contribution is -2.40. The molecule has 0 saturated heterocycles. The molecule has 0 saturated carbocycles. The number of aromatic nitrogens is 3. The smallest absolute Gasteiger partial charge is 0.263 e. The second-order valence-corrected chi connectivity index (χ2v) is 3.42. The van der Waals surface area contributed by atoms with Crippen molar-refractivity contribution in [2.24, 2.45) is 0 Å². The number of hydrogen-bond donors (Lipinski definition) is 0. The van der Waals surface area contributed by atoms with Gasteiger partial charge in [0.05, 0.1) is 0 Å². The van der Waals surface area contributed by atoms with E-state index in [4.69, 9.17) is 0 Å². The lowest BCUT2D eigenvalue weighted by Gasteiger charge is -2.07. The van der Waals surface area contributed by atoms with Crippen LogP contribution in [0.25, 0.3) is 0 Å². The highest BCUT2D eigenvalue weighted by molar-refractivity contribution is 7.35. The molecule has 0 aliphatic carbocycles. The molecule has 1 aromatic heterocycles. The summed E-state index contributed by atoms with van der Waals surface area (Å²) in [5, 5.41) is 0. The molecule has 0 aliphatic rings. The van der Waals surface area contributed by atoms with Crippen LogP contribution in [0.2, 0.25) is 0 Å². The van der Waals surface area contributed by atoms with Gasteiger partial charge in [0.15, 0.2) is 0 Å². The molecular weight excluding hydrogens is 189 g/mol. The summed E-state index contributed by atoms with van der Waals surface area (Å²) in [6.07, 6.45) is 0. The molecule has 0 aromatic carbocycles. The van der Waals surface area contributed by atoms with Crippen LogP contribution in [-0.4, -0.2) is 20.6 Å². The Labute approximate surface area is 77.3 Å². The molecule has 72 valence electrons. The number of nitrogens with zero attached hydrogens (tertiary/aromatic N) is 3. The maximum absolute atomic E-state index is 11.6. The molecule has 0 spiro atoms. The number of hydrogen-bond acceptors (Lipinski definition) is 3. The quantitative estimate of drug-likeness (QED) is 0.623. The van der Waals surface area contributed by atoms with Crippen molar-refractivity contribution in [1.82, 2.24) is 13.9 Å². The Hall–Kier alpha value is -0.960. The average Bonchev–Trinajstić information content (AvgIpc) is 2.04. The highest BCUT2D eigenvalue weighted by Gasteiger charge is 2.06. The standard InChI is InChI=1S/C7H12N3O2P/c1-4-9-6(11)8-5(2)10(13-3)7(9)12/h13H,4H2,1-3H3. The van der Waals surface area contributed by atoms with Crippen molar-refractivity contribution in [3.63, 3.8) is 0 Å². The van der Waals surface area contributed by atoms with E-state index in [1.807, 2.05) is 6.66 Å². The van der Waals surface area contributed by atoms with Crippen LogP contribution in [0.1, 0.15) is 12.7 Å². The van der Waals surface area contributed by atoms with Gasteiger partial charge in [0.2, 0.25) is 0 Å². The van der Waals surface area contributed by atoms with Crippen LogP contribution in [0.4, 0.5) is 0 Å². The summed E-state index contributed by atoms with van der Waals surface area (Å²) in [6, 6.07) is 0. The fourth-order valence-corrected chi connectivity index (χ4v) is 1.80. The van der Waals surface area contributed by atoms with Crippen molar-refractivity contribution >= 4 is 8.73 Å². The molecular formula is C7H12N3O2P. The third-order valence-corrected chi connectivity index (χ3v) is 2.74. The first-order valence-electron chi connectivity index (χ1n) is 4.00. The number of aryl methyl sites for hydroxylation is 1. The summed E-state index contributed by atoms with van der Waals surface area (Å²) in [5.41, 5.74) is -0.722. The Balaban J connectivity index is 3.59. The molecule has 1 atom stereocenters. The maximum Gasteiger partial charge on any atom is 0.353 e. The summed E-state index contributed by atoms with van der Waals surface area (Å²) in [5.74, 6) is 0.487. The van der Waals surface area contributed by atoms with Gasteiger partial charge in [-0.2, -0.15) is 4.98 Å². The summed E-state index contributed by atoms with van der Waals surface area (Å²) in [7, 11) is 0.305. The Morgan fingerprint density at radius 2 is 2.08 bits per heavy atom. The van der Waals surface area contributed by atoms with E-state index in [0.717, 1.165) is 4.57 Å². The zero-order chi connectivity index (χ0) is 10.0. The molecule has 13 heavy (non-hydrogen) atoms. The SMILES string of the molecule is CCn1c(=O)nc(C)n(PC)c1=O. The van der Waals surface area contributed by atoms with E-state index in [9.17, 15) is 9.59 Å². The molecule has 1 rings (SSSR count). The third kappa shape index (κ3) is 1.70. The fraction of sp³-hybridized carbons (Fsp3) is 0.571. The first-order chi connectivity index (χ1) is 6.11. The van der Waals surface area contributed by atoms with Crippen LogP contribution in [0.5, 0.6) is 0 Å². The van der Waals surface area contributed by atoms with Gasteiger partial charge in [-0.05, 0) is 29.2 Å². The van der Waals surface area contributed by atoms with Gasteiger partial charge in [0, 0.05) is 6.54 Å². The van der Waals surface area contributed by atoms with Crippen LogP contribution in [0, 0.1) is 6.92 Å². The van der Waals surface area contributed by atoms with E-state index in [1.54, 1.807) is 13.8 Å². The highest BCUT2D eigenvalue weighted by Crippen LogP contribution is 2.04. The molecule has 1 unspecified atom stereocenters. The average molecular weight is 201 g/mol. The lowest BCUT2D eigenvalue weighted by molar-refractivity contribution is 0.620. The predicted octanol–water partition coefficient (Wildman–Crippen LogP) is -0.195. The van der Waals surface area contributed by atoms with Gasteiger partial charge in [0.25, 0.3) is 0 Å². The van der Waals surface area contributed by atoms with Crippen LogP contribution < -0.4 is 11.4 Å². The molecule has 1 heterocycles. The summed E-state index contributed by atoms with van der Waals surface area (Å²) in [6.45, 7) is 5.66. The van der Waals surface area contributed by atoms with Crippen molar-refractivity contribution in [3.05, 3.63) is 26.8 Å². The van der Waals surface area contributed by atoms with E-state index < -0.39 is 5.69 Å². The predicted molar refractivity (Wildman–Crippen MR) is 52.8 cm³/mol. The van der Waals surface area contributed by atoms with E-state index in [0.29, 0.717) is 21.1 Å². The van der Waals surface area contributed by atoms with Gasteiger partial charge in [-0.25, -0.2) is 14.2 Å². The second kappa shape index (κ2) is 3.83. The Morgan fingerprint density at radius 1 is 1.46 bits per heavy atom. The fourth-order valence-electron chi connectivity index (χ4n) is 1.12. The Kier molecular flexibility index (Phi) is 2.98. The van der Waals surface area contributed by atoms with Crippen LogP contribution in [0.3, 0.4) is 0 Å². The normalized spacial score (nSPS) is 11.3. The van der Waals surface area contributed by atoms with E-state index in [2.05, 4.69) is 4.98 Å². The monoisotopic (exact) mass is 201 g/mol. The third-order valence-electron chi connectivity index (χ3n) is 1.77. The Morgan fingerprint density at radius 3 is 2.54 bits per heavy atom. The van der Waals surface area contributed by atoms with Crippen LogP contribution >= 0.6 is 8.73 Å². The second-order valence-electron chi connectivity index (χ2n) is 2.53.